The molecule has 0 aliphatic carbocycles. The first kappa shape index (κ1) is 21.2. The Hall–Kier alpha value is -4.00. The second kappa shape index (κ2) is 8.63. The van der Waals surface area contributed by atoms with Gasteiger partial charge in [0.2, 0.25) is 0 Å². The maximum Gasteiger partial charge on any atom is 0.282 e. The van der Waals surface area contributed by atoms with E-state index >= 15 is 0 Å². The minimum atomic E-state index is -1.06. The average Bonchev–Trinajstić information content (AvgIpc) is 3.01. The van der Waals surface area contributed by atoms with Crippen molar-refractivity contribution in [2.45, 2.75) is 13.8 Å². The normalized spacial score (nSPS) is 13.7. The summed E-state index contributed by atoms with van der Waals surface area (Å²) in [5.41, 5.74) is 1.95. The summed E-state index contributed by atoms with van der Waals surface area (Å²) >= 11 is 0. The van der Waals surface area contributed by atoms with Gasteiger partial charge in [0.15, 0.2) is 11.6 Å². The Morgan fingerprint density at radius 3 is 2.28 bits per heavy atom. The van der Waals surface area contributed by atoms with Crippen LogP contribution in [0, 0.1) is 18.6 Å². The van der Waals surface area contributed by atoms with Gasteiger partial charge < -0.3 is 10.1 Å². The number of ether oxygens (including phenoxy) is 1. The molecule has 5 nitrogen and oxygen atoms in total. The third-order valence-corrected chi connectivity index (χ3v) is 5.08. The molecule has 1 heterocycles. The molecular formula is C25H20F2N2O3. The highest BCUT2D eigenvalue weighted by atomic mass is 19.2. The van der Waals surface area contributed by atoms with E-state index in [1.165, 1.54) is 6.07 Å². The fourth-order valence-corrected chi connectivity index (χ4v) is 3.55. The van der Waals surface area contributed by atoms with Gasteiger partial charge in [0.05, 0.1) is 17.9 Å². The molecule has 3 aromatic rings. The monoisotopic (exact) mass is 434 g/mol. The molecule has 0 fully saturated rings. The lowest BCUT2D eigenvalue weighted by molar-refractivity contribution is -0.120. The van der Waals surface area contributed by atoms with Crippen molar-refractivity contribution in [2.24, 2.45) is 0 Å². The van der Waals surface area contributed by atoms with Crippen LogP contribution >= 0.6 is 0 Å². The zero-order valence-electron chi connectivity index (χ0n) is 17.5. The molecule has 4 rings (SSSR count). The molecular weight excluding hydrogens is 414 g/mol. The van der Waals surface area contributed by atoms with Crippen molar-refractivity contribution in [1.29, 1.82) is 0 Å². The molecule has 0 bridgehead atoms. The third kappa shape index (κ3) is 3.85. The number of carbonyl (C=O) groups excluding carboxylic acids is 2. The first-order valence-electron chi connectivity index (χ1n) is 10.0. The molecule has 1 N–H and O–H groups in total. The quantitative estimate of drug-likeness (QED) is 0.551. The predicted octanol–water partition coefficient (Wildman–Crippen LogP) is 5.07. The highest BCUT2D eigenvalue weighted by molar-refractivity contribution is 6.46. The largest absolute Gasteiger partial charge is 0.494 e. The van der Waals surface area contributed by atoms with E-state index in [9.17, 15) is 18.4 Å². The van der Waals surface area contributed by atoms with Crippen molar-refractivity contribution in [2.75, 3.05) is 16.8 Å². The number of nitrogens with one attached hydrogen (secondary N) is 1. The fraction of sp³-hybridized carbons (Fsp3) is 0.120. The molecule has 3 aromatic carbocycles. The first-order chi connectivity index (χ1) is 15.4. The van der Waals surface area contributed by atoms with Crippen molar-refractivity contribution < 1.29 is 23.1 Å². The van der Waals surface area contributed by atoms with Crippen LogP contribution in [0.4, 0.5) is 20.2 Å². The number of carbonyl (C=O) groups is 2. The van der Waals surface area contributed by atoms with Gasteiger partial charge in [-0.05, 0) is 55.3 Å². The number of imide groups is 1. The number of hydrogen-bond acceptors (Lipinski definition) is 4. The van der Waals surface area contributed by atoms with E-state index in [0.717, 1.165) is 22.6 Å². The van der Waals surface area contributed by atoms with E-state index < -0.39 is 23.4 Å². The smallest absolute Gasteiger partial charge is 0.282 e. The number of aryl methyl sites for hydroxylation is 1. The number of halogens is 2. The Labute approximate surface area is 183 Å². The van der Waals surface area contributed by atoms with Gasteiger partial charge in [-0.3, -0.25) is 9.59 Å². The minimum Gasteiger partial charge on any atom is -0.494 e. The SMILES string of the molecule is CCOc1ccc(C2=C(Nc3ccc(F)c(F)c3)C(=O)N(c3ccccc3C)C2=O)cc1. The zero-order valence-corrected chi connectivity index (χ0v) is 17.5. The van der Waals surface area contributed by atoms with Crippen LogP contribution in [0.5, 0.6) is 5.75 Å². The van der Waals surface area contributed by atoms with Gasteiger partial charge in [0, 0.05) is 11.8 Å². The average molecular weight is 434 g/mol. The van der Waals surface area contributed by atoms with Crippen LogP contribution in [-0.4, -0.2) is 18.4 Å². The summed E-state index contributed by atoms with van der Waals surface area (Å²) in [5.74, 6) is -2.55. The number of amides is 2. The maximum absolute atomic E-state index is 13.8. The lowest BCUT2D eigenvalue weighted by atomic mass is 10.0. The molecule has 7 heteroatoms. The van der Waals surface area contributed by atoms with Gasteiger partial charge >= 0.3 is 0 Å². The lowest BCUT2D eigenvalue weighted by Crippen LogP contribution is -2.33. The predicted molar refractivity (Wildman–Crippen MR) is 118 cm³/mol. The molecule has 0 atom stereocenters. The summed E-state index contributed by atoms with van der Waals surface area (Å²) in [6, 6.07) is 17.0. The Bertz CT molecular complexity index is 1240. The molecule has 0 unspecified atom stereocenters. The molecule has 0 saturated carbocycles. The summed E-state index contributed by atoms with van der Waals surface area (Å²) in [4.78, 5) is 27.9. The van der Waals surface area contributed by atoms with Crippen LogP contribution in [-0.2, 0) is 9.59 Å². The van der Waals surface area contributed by atoms with Crippen molar-refractivity contribution in [3.8, 4) is 5.75 Å². The van der Waals surface area contributed by atoms with Crippen LogP contribution in [0.15, 0.2) is 72.4 Å². The number of benzene rings is 3. The highest BCUT2D eigenvalue weighted by Crippen LogP contribution is 2.35. The second-order valence-corrected chi connectivity index (χ2v) is 7.19. The summed E-state index contributed by atoms with van der Waals surface area (Å²) in [7, 11) is 0. The van der Waals surface area contributed by atoms with Crippen LogP contribution in [0.3, 0.4) is 0 Å². The van der Waals surface area contributed by atoms with Gasteiger partial charge in [0.1, 0.15) is 11.4 Å². The van der Waals surface area contributed by atoms with Crippen molar-refractivity contribution >= 4 is 28.8 Å². The van der Waals surface area contributed by atoms with E-state index in [-0.39, 0.29) is 17.0 Å². The molecule has 1 aliphatic rings. The molecule has 2 amide bonds. The van der Waals surface area contributed by atoms with Crippen LogP contribution < -0.4 is 15.0 Å². The first-order valence-corrected chi connectivity index (χ1v) is 10.0. The lowest BCUT2D eigenvalue weighted by Gasteiger charge is -2.17. The topological polar surface area (TPSA) is 58.6 Å². The van der Waals surface area contributed by atoms with Crippen LogP contribution in [0.25, 0.3) is 5.57 Å². The summed E-state index contributed by atoms with van der Waals surface area (Å²) in [5, 5.41) is 2.83. The fourth-order valence-electron chi connectivity index (χ4n) is 3.55. The maximum atomic E-state index is 13.8. The highest BCUT2D eigenvalue weighted by Gasteiger charge is 2.40. The molecule has 162 valence electrons. The Kier molecular flexibility index (Phi) is 5.73. The molecule has 0 spiro atoms. The number of para-hydroxylation sites is 1. The van der Waals surface area contributed by atoms with E-state index in [1.54, 1.807) is 49.4 Å². The summed E-state index contributed by atoms with van der Waals surface area (Å²) < 4.78 is 32.6. The van der Waals surface area contributed by atoms with E-state index in [0.29, 0.717) is 23.6 Å². The molecule has 0 saturated heterocycles. The molecule has 32 heavy (non-hydrogen) atoms. The number of nitrogens with zero attached hydrogens (tertiary/aromatic N) is 1. The molecule has 1 aliphatic heterocycles. The Morgan fingerprint density at radius 1 is 0.906 bits per heavy atom. The molecule has 0 radical (unpaired) electrons. The number of rotatable bonds is 6. The Morgan fingerprint density at radius 2 is 1.62 bits per heavy atom. The van der Waals surface area contributed by atoms with E-state index in [1.807, 2.05) is 13.0 Å². The van der Waals surface area contributed by atoms with Crippen molar-refractivity contribution in [3.05, 3.63) is 95.2 Å². The third-order valence-electron chi connectivity index (χ3n) is 5.08. The Balaban J connectivity index is 1.81. The van der Waals surface area contributed by atoms with Gasteiger partial charge in [0.25, 0.3) is 11.8 Å². The zero-order chi connectivity index (χ0) is 22.8. The van der Waals surface area contributed by atoms with E-state index in [2.05, 4.69) is 5.32 Å². The van der Waals surface area contributed by atoms with Gasteiger partial charge in [-0.2, -0.15) is 0 Å². The standard InChI is InChI=1S/C25H20F2N2O3/c1-3-32-18-11-8-16(9-12-18)22-23(28-17-10-13-19(26)20(27)14-17)25(31)29(24(22)30)21-7-5-4-6-15(21)2/h4-14,28H,3H2,1-2H3. The van der Waals surface area contributed by atoms with Gasteiger partial charge in [-0.15, -0.1) is 0 Å². The summed E-state index contributed by atoms with van der Waals surface area (Å²) in [6.07, 6.45) is 0. The summed E-state index contributed by atoms with van der Waals surface area (Å²) in [6.45, 7) is 4.15. The van der Waals surface area contributed by atoms with Crippen LogP contribution in [0.2, 0.25) is 0 Å². The van der Waals surface area contributed by atoms with Crippen LogP contribution in [0.1, 0.15) is 18.1 Å². The number of hydrogen-bond donors (Lipinski definition) is 1. The van der Waals surface area contributed by atoms with Crippen molar-refractivity contribution in [1.82, 2.24) is 0 Å². The second-order valence-electron chi connectivity index (χ2n) is 7.19. The van der Waals surface area contributed by atoms with Gasteiger partial charge in [-0.1, -0.05) is 30.3 Å². The molecule has 0 aromatic heterocycles. The van der Waals surface area contributed by atoms with Gasteiger partial charge in [-0.25, -0.2) is 13.7 Å². The number of anilines is 2. The van der Waals surface area contributed by atoms with Crippen molar-refractivity contribution in [3.63, 3.8) is 0 Å². The van der Waals surface area contributed by atoms with E-state index in [4.69, 9.17) is 4.74 Å². The minimum absolute atomic E-state index is 0.0200.